The average molecular weight is 263 g/mol. The van der Waals surface area contributed by atoms with E-state index in [1.54, 1.807) is 18.2 Å². The number of nitrogen functional groups attached to an aromatic ring is 1. The Morgan fingerprint density at radius 3 is 2.95 bits per heavy atom. The van der Waals surface area contributed by atoms with Gasteiger partial charge in [-0.25, -0.2) is 0 Å². The number of benzene rings is 1. The van der Waals surface area contributed by atoms with Gasteiger partial charge in [0, 0.05) is 23.9 Å². The Hall–Kier alpha value is -2.24. The first-order valence-corrected chi connectivity index (χ1v) is 6.13. The Bertz CT molecular complexity index is 502. The summed E-state index contributed by atoms with van der Waals surface area (Å²) in [5.41, 5.74) is 6.52. The second-order valence-corrected chi connectivity index (χ2v) is 4.45. The first-order chi connectivity index (χ1) is 9.10. The van der Waals surface area contributed by atoms with Gasteiger partial charge in [0.05, 0.1) is 7.11 Å². The number of carbonyl (C=O) groups excluding carboxylic acids is 2. The van der Waals surface area contributed by atoms with Crippen LogP contribution in [0, 0.1) is 0 Å². The molecule has 6 heteroatoms. The quantitative estimate of drug-likeness (QED) is 0.683. The van der Waals surface area contributed by atoms with Crippen molar-refractivity contribution in [3.05, 3.63) is 23.8 Å². The van der Waals surface area contributed by atoms with Gasteiger partial charge in [0.2, 0.25) is 5.91 Å². The molecule has 1 aliphatic rings. The fourth-order valence-electron chi connectivity index (χ4n) is 2.02. The van der Waals surface area contributed by atoms with Crippen molar-refractivity contribution >= 4 is 17.5 Å². The van der Waals surface area contributed by atoms with Gasteiger partial charge in [0.15, 0.2) is 0 Å². The molecule has 1 aromatic rings. The number of hydrogen-bond acceptors (Lipinski definition) is 4. The van der Waals surface area contributed by atoms with E-state index in [-0.39, 0.29) is 11.8 Å². The normalized spacial score (nSPS) is 18.6. The molecule has 1 heterocycles. The fraction of sp³-hybridized carbons (Fsp3) is 0.385. The molecule has 1 unspecified atom stereocenters. The van der Waals surface area contributed by atoms with Gasteiger partial charge in [-0.3, -0.25) is 9.59 Å². The van der Waals surface area contributed by atoms with Gasteiger partial charge in [-0.1, -0.05) is 0 Å². The largest absolute Gasteiger partial charge is 0.497 e. The lowest BCUT2D eigenvalue weighted by atomic mass is 10.1. The highest BCUT2D eigenvalue weighted by atomic mass is 16.5. The lowest BCUT2D eigenvalue weighted by Gasteiger charge is -2.22. The number of methoxy groups -OCH3 is 1. The van der Waals surface area contributed by atoms with Crippen molar-refractivity contribution in [3.63, 3.8) is 0 Å². The minimum Gasteiger partial charge on any atom is -0.497 e. The molecule has 1 atom stereocenters. The Kier molecular flexibility index (Phi) is 3.89. The molecule has 1 aromatic carbocycles. The molecule has 0 bridgehead atoms. The van der Waals surface area contributed by atoms with E-state index in [9.17, 15) is 9.59 Å². The molecule has 6 nitrogen and oxygen atoms in total. The second kappa shape index (κ2) is 5.60. The van der Waals surface area contributed by atoms with E-state index in [4.69, 9.17) is 10.5 Å². The molecule has 0 radical (unpaired) electrons. The third kappa shape index (κ3) is 3.15. The smallest absolute Gasteiger partial charge is 0.252 e. The summed E-state index contributed by atoms with van der Waals surface area (Å²) in [5, 5.41) is 5.42. The van der Waals surface area contributed by atoms with Crippen molar-refractivity contribution < 1.29 is 14.3 Å². The van der Waals surface area contributed by atoms with Crippen LogP contribution in [0.15, 0.2) is 18.2 Å². The molecule has 0 spiro atoms. The summed E-state index contributed by atoms with van der Waals surface area (Å²) in [5.74, 6) is 0.0429. The van der Waals surface area contributed by atoms with Crippen LogP contribution in [0.5, 0.6) is 5.75 Å². The van der Waals surface area contributed by atoms with Gasteiger partial charge in [-0.2, -0.15) is 0 Å². The first-order valence-electron chi connectivity index (χ1n) is 6.13. The minimum absolute atomic E-state index is 0.143. The number of piperidine rings is 1. The van der Waals surface area contributed by atoms with Crippen molar-refractivity contribution in [3.8, 4) is 5.75 Å². The van der Waals surface area contributed by atoms with E-state index < -0.39 is 6.04 Å². The van der Waals surface area contributed by atoms with E-state index in [0.717, 1.165) is 6.42 Å². The van der Waals surface area contributed by atoms with Gasteiger partial charge >= 0.3 is 0 Å². The van der Waals surface area contributed by atoms with Crippen LogP contribution in [0.2, 0.25) is 0 Å². The van der Waals surface area contributed by atoms with Crippen LogP contribution in [0.1, 0.15) is 23.2 Å². The standard InChI is InChI=1S/C13H17N3O3/c1-19-10-6-8(5-9(14)7-10)12(17)16-11-3-2-4-15-13(11)18/h5-7,11H,2-4,14H2,1H3,(H,15,18)(H,16,17). The topological polar surface area (TPSA) is 93.4 Å². The second-order valence-electron chi connectivity index (χ2n) is 4.45. The predicted molar refractivity (Wildman–Crippen MR) is 70.9 cm³/mol. The molecular weight excluding hydrogens is 246 g/mol. The molecule has 1 saturated heterocycles. The summed E-state index contributed by atoms with van der Waals surface area (Å²) in [6.45, 7) is 0.664. The molecule has 4 N–H and O–H groups in total. The Balaban J connectivity index is 2.11. The summed E-state index contributed by atoms with van der Waals surface area (Å²) in [6, 6.07) is 4.29. The molecule has 1 fully saturated rings. The third-order valence-corrected chi connectivity index (χ3v) is 3.02. The molecule has 2 amide bonds. The van der Waals surface area contributed by atoms with Crippen LogP contribution in [0.25, 0.3) is 0 Å². The summed E-state index contributed by atoms with van der Waals surface area (Å²) in [6.07, 6.45) is 1.51. The van der Waals surface area contributed by atoms with E-state index in [2.05, 4.69) is 10.6 Å². The first kappa shape index (κ1) is 13.2. The molecule has 0 saturated carbocycles. The number of amides is 2. The molecule has 1 aliphatic heterocycles. The molecule has 19 heavy (non-hydrogen) atoms. The summed E-state index contributed by atoms with van der Waals surface area (Å²) >= 11 is 0. The van der Waals surface area contributed by atoms with Crippen molar-refractivity contribution in [2.24, 2.45) is 0 Å². The van der Waals surface area contributed by atoms with Crippen LogP contribution in [-0.2, 0) is 4.79 Å². The van der Waals surface area contributed by atoms with Gasteiger partial charge in [0.25, 0.3) is 5.91 Å². The van der Waals surface area contributed by atoms with Crippen LogP contribution >= 0.6 is 0 Å². The Morgan fingerprint density at radius 1 is 1.47 bits per heavy atom. The lowest BCUT2D eigenvalue weighted by Crippen LogP contribution is -2.50. The van der Waals surface area contributed by atoms with Gasteiger partial charge in [-0.15, -0.1) is 0 Å². The number of rotatable bonds is 3. The van der Waals surface area contributed by atoms with E-state index in [0.29, 0.717) is 30.0 Å². The Labute approximate surface area is 111 Å². The number of nitrogens with two attached hydrogens (primary N) is 1. The third-order valence-electron chi connectivity index (χ3n) is 3.02. The van der Waals surface area contributed by atoms with Gasteiger partial charge in [0.1, 0.15) is 11.8 Å². The number of anilines is 1. The van der Waals surface area contributed by atoms with Crippen LogP contribution in [-0.4, -0.2) is 31.5 Å². The maximum absolute atomic E-state index is 12.1. The number of carbonyl (C=O) groups is 2. The van der Waals surface area contributed by atoms with Gasteiger partial charge < -0.3 is 21.1 Å². The zero-order chi connectivity index (χ0) is 13.8. The van der Waals surface area contributed by atoms with Gasteiger partial charge in [-0.05, 0) is 25.0 Å². The molecular formula is C13H17N3O3. The zero-order valence-electron chi connectivity index (χ0n) is 10.7. The number of nitrogens with one attached hydrogen (secondary N) is 2. The van der Waals surface area contributed by atoms with Crippen LogP contribution in [0.3, 0.4) is 0 Å². The fourth-order valence-corrected chi connectivity index (χ4v) is 2.02. The zero-order valence-corrected chi connectivity index (χ0v) is 10.7. The Morgan fingerprint density at radius 2 is 2.26 bits per heavy atom. The van der Waals surface area contributed by atoms with Crippen molar-refractivity contribution in [2.75, 3.05) is 19.4 Å². The van der Waals surface area contributed by atoms with Crippen LogP contribution < -0.4 is 21.1 Å². The highest BCUT2D eigenvalue weighted by molar-refractivity contribution is 5.98. The van der Waals surface area contributed by atoms with E-state index in [1.807, 2.05) is 0 Å². The minimum atomic E-state index is -0.478. The molecule has 0 aliphatic carbocycles. The lowest BCUT2D eigenvalue weighted by molar-refractivity contribution is -0.124. The summed E-state index contributed by atoms with van der Waals surface area (Å²) in [7, 11) is 1.50. The van der Waals surface area contributed by atoms with Crippen molar-refractivity contribution in [2.45, 2.75) is 18.9 Å². The maximum atomic E-state index is 12.1. The van der Waals surface area contributed by atoms with E-state index in [1.165, 1.54) is 7.11 Å². The highest BCUT2D eigenvalue weighted by Crippen LogP contribution is 2.18. The summed E-state index contributed by atoms with van der Waals surface area (Å²) in [4.78, 5) is 23.7. The maximum Gasteiger partial charge on any atom is 0.252 e. The average Bonchev–Trinajstić information content (AvgIpc) is 2.40. The molecule has 0 aromatic heterocycles. The SMILES string of the molecule is COc1cc(N)cc(C(=O)NC2CCCNC2=O)c1. The summed E-state index contributed by atoms with van der Waals surface area (Å²) < 4.78 is 5.06. The van der Waals surface area contributed by atoms with Crippen molar-refractivity contribution in [1.82, 2.24) is 10.6 Å². The van der Waals surface area contributed by atoms with Crippen LogP contribution in [0.4, 0.5) is 5.69 Å². The molecule has 2 rings (SSSR count). The van der Waals surface area contributed by atoms with Crippen molar-refractivity contribution in [1.29, 1.82) is 0 Å². The van der Waals surface area contributed by atoms with E-state index >= 15 is 0 Å². The molecule has 102 valence electrons. The number of hydrogen-bond donors (Lipinski definition) is 3. The predicted octanol–water partition coefficient (Wildman–Crippen LogP) is 0.286. The monoisotopic (exact) mass is 263 g/mol. The highest BCUT2D eigenvalue weighted by Gasteiger charge is 2.24. The number of ether oxygens (including phenoxy) is 1.